The zero-order valence-electron chi connectivity index (χ0n) is 15.7. The van der Waals surface area contributed by atoms with Gasteiger partial charge in [0.1, 0.15) is 24.0 Å². The van der Waals surface area contributed by atoms with Crippen LogP contribution in [0.25, 0.3) is 11.1 Å². The van der Waals surface area contributed by atoms with Crippen LogP contribution in [0.15, 0.2) is 12.1 Å². The van der Waals surface area contributed by atoms with Gasteiger partial charge < -0.3 is 14.2 Å². The van der Waals surface area contributed by atoms with Gasteiger partial charge in [-0.25, -0.2) is 17.6 Å². The lowest BCUT2D eigenvalue weighted by molar-refractivity contribution is 0.0544. The predicted molar refractivity (Wildman–Crippen MR) is 94.1 cm³/mol. The van der Waals surface area contributed by atoms with Gasteiger partial charge in [0.25, 0.3) is 0 Å². The van der Waals surface area contributed by atoms with Crippen LogP contribution in [0.2, 0.25) is 0 Å². The normalized spacial score (nSPS) is 10.8. The molecule has 0 saturated heterocycles. The molecule has 0 heterocycles. The highest BCUT2D eigenvalue weighted by Crippen LogP contribution is 2.37. The summed E-state index contributed by atoms with van der Waals surface area (Å²) in [5, 5.41) is 8.71. The SMILES string of the molecule is COCCOCCOc1cc(C)c(-c2c(F)c(F)c(C#N)c(F)c2F)c(C)c1. The standard InChI is InChI=1S/C20H19F4NO3/c1-11-8-13(28-7-6-27-5-4-26-3)9-12(2)15(11)16-19(23)17(21)14(10-25)18(22)20(16)24/h8-9H,4-7H2,1-3H3. The van der Waals surface area contributed by atoms with Gasteiger partial charge in [-0.15, -0.1) is 0 Å². The van der Waals surface area contributed by atoms with Crippen LogP contribution in [0.1, 0.15) is 16.7 Å². The number of aryl methyl sites for hydroxylation is 2. The number of ether oxygens (including phenoxy) is 3. The molecule has 0 aliphatic rings. The summed E-state index contributed by atoms with van der Waals surface area (Å²) in [6, 6.07) is 4.14. The third-order valence-corrected chi connectivity index (χ3v) is 4.06. The molecule has 28 heavy (non-hydrogen) atoms. The maximum atomic E-state index is 14.4. The lowest BCUT2D eigenvalue weighted by Gasteiger charge is -2.16. The molecule has 0 aromatic heterocycles. The van der Waals surface area contributed by atoms with Crippen molar-refractivity contribution in [3.8, 4) is 22.9 Å². The number of methoxy groups -OCH3 is 1. The summed E-state index contributed by atoms with van der Waals surface area (Å²) in [6.45, 7) is 4.52. The Labute approximate surface area is 160 Å². The van der Waals surface area contributed by atoms with Crippen molar-refractivity contribution in [1.82, 2.24) is 0 Å². The molecule has 0 N–H and O–H groups in total. The maximum Gasteiger partial charge on any atom is 0.180 e. The van der Waals surface area contributed by atoms with E-state index < -0.39 is 34.4 Å². The van der Waals surface area contributed by atoms with Gasteiger partial charge in [-0.05, 0) is 42.7 Å². The smallest absolute Gasteiger partial charge is 0.180 e. The van der Waals surface area contributed by atoms with Crippen LogP contribution in [0.4, 0.5) is 17.6 Å². The minimum Gasteiger partial charge on any atom is -0.491 e. The van der Waals surface area contributed by atoms with E-state index in [4.69, 9.17) is 19.5 Å². The number of benzene rings is 2. The first-order valence-corrected chi connectivity index (χ1v) is 8.40. The zero-order valence-corrected chi connectivity index (χ0v) is 15.7. The van der Waals surface area contributed by atoms with E-state index in [0.29, 0.717) is 36.7 Å². The Kier molecular flexibility index (Phi) is 7.38. The third kappa shape index (κ3) is 4.43. The molecule has 0 aliphatic heterocycles. The fourth-order valence-electron chi connectivity index (χ4n) is 2.81. The molecule has 0 atom stereocenters. The van der Waals surface area contributed by atoms with Crippen molar-refractivity contribution in [3.05, 3.63) is 52.1 Å². The molecular formula is C20H19F4NO3. The van der Waals surface area contributed by atoms with Crippen molar-refractivity contribution in [1.29, 1.82) is 5.26 Å². The van der Waals surface area contributed by atoms with Crippen LogP contribution in [0, 0.1) is 48.4 Å². The second-order valence-corrected chi connectivity index (χ2v) is 6.00. The second-order valence-electron chi connectivity index (χ2n) is 6.00. The molecule has 0 bridgehead atoms. The Morgan fingerprint density at radius 3 is 1.86 bits per heavy atom. The minimum absolute atomic E-state index is 0.000911. The molecule has 0 saturated carbocycles. The molecule has 2 rings (SSSR count). The zero-order chi connectivity index (χ0) is 20.8. The van der Waals surface area contributed by atoms with Crippen LogP contribution in [0.5, 0.6) is 5.75 Å². The fourth-order valence-corrected chi connectivity index (χ4v) is 2.81. The van der Waals surface area contributed by atoms with Crippen molar-refractivity contribution in [2.45, 2.75) is 13.8 Å². The summed E-state index contributed by atoms with van der Waals surface area (Å²) in [7, 11) is 1.56. The van der Waals surface area contributed by atoms with E-state index in [1.165, 1.54) is 26.0 Å². The first-order chi connectivity index (χ1) is 13.3. The molecule has 0 aliphatic carbocycles. The van der Waals surface area contributed by atoms with Crippen LogP contribution in [-0.2, 0) is 9.47 Å². The van der Waals surface area contributed by atoms with Crippen molar-refractivity contribution < 1.29 is 31.8 Å². The van der Waals surface area contributed by atoms with E-state index in [0.717, 1.165) is 6.07 Å². The van der Waals surface area contributed by atoms with Gasteiger partial charge in [-0.1, -0.05) is 0 Å². The predicted octanol–water partition coefficient (Wildman–Crippen LogP) is 4.44. The van der Waals surface area contributed by atoms with Crippen molar-refractivity contribution in [3.63, 3.8) is 0 Å². The molecule has 0 fully saturated rings. The average Bonchev–Trinajstić information content (AvgIpc) is 2.65. The van der Waals surface area contributed by atoms with Gasteiger partial charge in [-0.2, -0.15) is 5.26 Å². The molecule has 150 valence electrons. The van der Waals surface area contributed by atoms with Crippen molar-refractivity contribution in [2.24, 2.45) is 0 Å². The van der Waals surface area contributed by atoms with Gasteiger partial charge in [-0.3, -0.25) is 0 Å². The average molecular weight is 397 g/mol. The molecule has 4 nitrogen and oxygen atoms in total. The third-order valence-electron chi connectivity index (χ3n) is 4.06. The Balaban J connectivity index is 2.33. The topological polar surface area (TPSA) is 51.5 Å². The highest BCUT2D eigenvalue weighted by molar-refractivity contribution is 5.74. The quantitative estimate of drug-likeness (QED) is 0.375. The largest absolute Gasteiger partial charge is 0.491 e. The van der Waals surface area contributed by atoms with Crippen LogP contribution >= 0.6 is 0 Å². The molecule has 0 unspecified atom stereocenters. The Hall–Kier alpha value is -2.63. The number of hydrogen-bond acceptors (Lipinski definition) is 4. The fraction of sp³-hybridized carbons (Fsp3) is 0.350. The number of nitriles is 1. The van der Waals surface area contributed by atoms with Crippen LogP contribution in [0.3, 0.4) is 0 Å². The Bertz CT molecular complexity index is 857. The molecule has 0 radical (unpaired) electrons. The van der Waals surface area contributed by atoms with Crippen molar-refractivity contribution >= 4 is 0 Å². The van der Waals surface area contributed by atoms with Gasteiger partial charge in [0, 0.05) is 7.11 Å². The number of hydrogen-bond donors (Lipinski definition) is 0. The van der Waals surface area contributed by atoms with E-state index in [9.17, 15) is 17.6 Å². The monoisotopic (exact) mass is 397 g/mol. The number of nitrogens with zero attached hydrogens (tertiary/aromatic N) is 1. The van der Waals surface area contributed by atoms with Crippen molar-refractivity contribution in [2.75, 3.05) is 33.5 Å². The lowest BCUT2D eigenvalue weighted by Crippen LogP contribution is -2.10. The van der Waals surface area contributed by atoms with E-state index in [-0.39, 0.29) is 12.2 Å². The summed E-state index contributed by atoms with van der Waals surface area (Å²) in [4.78, 5) is 0. The summed E-state index contributed by atoms with van der Waals surface area (Å²) >= 11 is 0. The van der Waals surface area contributed by atoms with E-state index >= 15 is 0 Å². The summed E-state index contributed by atoms with van der Waals surface area (Å²) in [5.41, 5.74) is -1.42. The van der Waals surface area contributed by atoms with Crippen LogP contribution in [-0.4, -0.2) is 33.5 Å². The first kappa shape index (κ1) is 21.7. The molecular weight excluding hydrogens is 378 g/mol. The van der Waals surface area contributed by atoms with E-state index in [1.54, 1.807) is 7.11 Å². The number of rotatable bonds is 8. The summed E-state index contributed by atoms with van der Waals surface area (Å²) in [5.74, 6) is -6.24. The van der Waals surface area contributed by atoms with Gasteiger partial charge in [0.15, 0.2) is 23.3 Å². The highest BCUT2D eigenvalue weighted by atomic mass is 19.2. The summed E-state index contributed by atoms with van der Waals surface area (Å²) in [6.07, 6.45) is 0. The van der Waals surface area contributed by atoms with Gasteiger partial charge in [0.2, 0.25) is 0 Å². The Morgan fingerprint density at radius 1 is 0.821 bits per heavy atom. The number of halogens is 4. The maximum absolute atomic E-state index is 14.4. The minimum atomic E-state index is -1.72. The summed E-state index contributed by atoms with van der Waals surface area (Å²) < 4.78 is 72.4. The first-order valence-electron chi connectivity index (χ1n) is 8.40. The molecule has 0 amide bonds. The van der Waals surface area contributed by atoms with Gasteiger partial charge >= 0.3 is 0 Å². The molecule has 2 aromatic carbocycles. The lowest BCUT2D eigenvalue weighted by atomic mass is 9.93. The van der Waals surface area contributed by atoms with E-state index in [1.807, 2.05) is 0 Å². The molecule has 8 heteroatoms. The molecule has 0 spiro atoms. The Morgan fingerprint density at radius 2 is 1.36 bits per heavy atom. The highest BCUT2D eigenvalue weighted by Gasteiger charge is 2.28. The van der Waals surface area contributed by atoms with E-state index in [2.05, 4.69) is 0 Å². The van der Waals surface area contributed by atoms with Gasteiger partial charge in [0.05, 0.1) is 25.4 Å². The second kappa shape index (κ2) is 9.53. The molecule has 2 aromatic rings. The van der Waals surface area contributed by atoms with Crippen LogP contribution < -0.4 is 4.74 Å².